The molecule has 0 aromatic carbocycles. The molecular weight excluding hydrogens is 252 g/mol. The van der Waals surface area contributed by atoms with Crippen molar-refractivity contribution in [2.75, 3.05) is 12.4 Å². The van der Waals surface area contributed by atoms with Crippen molar-refractivity contribution in [1.82, 2.24) is 14.3 Å². The van der Waals surface area contributed by atoms with Gasteiger partial charge in [0.1, 0.15) is 6.04 Å². The van der Waals surface area contributed by atoms with E-state index in [0.717, 1.165) is 9.25 Å². The molecule has 0 saturated carbocycles. The molecule has 0 spiro atoms. The molecule has 1 aromatic heterocycles. The van der Waals surface area contributed by atoms with Gasteiger partial charge in [0.2, 0.25) is 5.82 Å². The van der Waals surface area contributed by atoms with E-state index in [1.54, 1.807) is 13.8 Å². The number of ether oxygens (including phenoxy) is 1. The Kier molecular flexibility index (Phi) is 4.47. The molecule has 8 nitrogen and oxygen atoms in total. The second-order valence-electron chi connectivity index (χ2n) is 4.51. The fraction of sp³-hybridized carbons (Fsp3) is 0.636. The lowest BCUT2D eigenvalue weighted by molar-refractivity contribution is -0.142. The zero-order valence-electron chi connectivity index (χ0n) is 11.6. The second kappa shape index (κ2) is 5.68. The second-order valence-corrected chi connectivity index (χ2v) is 4.51. The molecule has 0 aliphatic heterocycles. The van der Waals surface area contributed by atoms with Gasteiger partial charge in [-0.15, -0.1) is 5.10 Å². The third kappa shape index (κ3) is 3.01. The molecule has 1 rings (SSSR count). The molecule has 0 amide bonds. The van der Waals surface area contributed by atoms with E-state index < -0.39 is 23.3 Å². The Bertz CT molecular complexity index is 587. The Morgan fingerprint density at radius 3 is 2.37 bits per heavy atom. The molecule has 0 aliphatic rings. The van der Waals surface area contributed by atoms with E-state index in [-0.39, 0.29) is 11.7 Å². The van der Waals surface area contributed by atoms with Crippen LogP contribution in [0.5, 0.6) is 0 Å². The van der Waals surface area contributed by atoms with Crippen LogP contribution in [0.3, 0.4) is 0 Å². The molecule has 1 N–H and O–H groups in total. The van der Waals surface area contributed by atoms with E-state index in [4.69, 9.17) is 0 Å². The highest BCUT2D eigenvalue weighted by Crippen LogP contribution is 2.08. The number of hydrogen-bond acceptors (Lipinski definition) is 6. The minimum absolute atomic E-state index is 0.0614. The molecule has 0 bridgehead atoms. The molecular formula is C11H18N4O4. The highest BCUT2D eigenvalue weighted by Gasteiger charge is 2.25. The first-order valence-corrected chi connectivity index (χ1v) is 5.78. The maximum atomic E-state index is 11.9. The van der Waals surface area contributed by atoms with Crippen molar-refractivity contribution in [3.8, 4) is 0 Å². The molecule has 1 unspecified atom stereocenters. The lowest BCUT2D eigenvalue weighted by Gasteiger charge is -2.20. The van der Waals surface area contributed by atoms with Crippen molar-refractivity contribution in [1.29, 1.82) is 0 Å². The molecule has 19 heavy (non-hydrogen) atoms. The molecule has 1 aromatic rings. The first kappa shape index (κ1) is 14.9. The molecule has 0 aliphatic carbocycles. The molecule has 1 heterocycles. The van der Waals surface area contributed by atoms with Crippen LogP contribution in [0.1, 0.15) is 13.8 Å². The van der Waals surface area contributed by atoms with Gasteiger partial charge in [0.25, 0.3) is 5.56 Å². The van der Waals surface area contributed by atoms with Crippen molar-refractivity contribution in [2.45, 2.75) is 19.9 Å². The zero-order chi connectivity index (χ0) is 14.7. The number of carbonyl (C=O) groups is 1. The number of anilines is 1. The summed E-state index contributed by atoms with van der Waals surface area (Å²) in [5.74, 6) is -0.655. The van der Waals surface area contributed by atoms with E-state index in [1.165, 1.54) is 21.2 Å². The van der Waals surface area contributed by atoms with Crippen molar-refractivity contribution >= 4 is 11.8 Å². The fourth-order valence-corrected chi connectivity index (χ4v) is 1.56. The van der Waals surface area contributed by atoms with E-state index in [1.807, 2.05) is 0 Å². The summed E-state index contributed by atoms with van der Waals surface area (Å²) in [7, 11) is 4.04. The zero-order valence-corrected chi connectivity index (χ0v) is 11.6. The van der Waals surface area contributed by atoms with E-state index in [0.29, 0.717) is 0 Å². The van der Waals surface area contributed by atoms with E-state index >= 15 is 0 Å². The minimum Gasteiger partial charge on any atom is -0.467 e. The lowest BCUT2D eigenvalue weighted by atomic mass is 10.1. The number of aryl methyl sites for hydroxylation is 1. The predicted molar refractivity (Wildman–Crippen MR) is 69.0 cm³/mol. The molecule has 0 radical (unpaired) electrons. The molecule has 8 heteroatoms. The predicted octanol–water partition coefficient (Wildman–Crippen LogP) is -0.911. The van der Waals surface area contributed by atoms with Crippen LogP contribution in [0.4, 0.5) is 5.82 Å². The summed E-state index contributed by atoms with van der Waals surface area (Å²) >= 11 is 0. The van der Waals surface area contributed by atoms with Crippen molar-refractivity contribution in [2.24, 2.45) is 20.0 Å². The lowest BCUT2D eigenvalue weighted by Crippen LogP contribution is -2.43. The summed E-state index contributed by atoms with van der Waals surface area (Å²) in [6, 6.07) is -0.706. The maximum Gasteiger partial charge on any atom is 0.346 e. The highest BCUT2D eigenvalue weighted by molar-refractivity contribution is 5.79. The number of rotatable bonds is 4. The number of esters is 1. The van der Waals surface area contributed by atoms with Crippen molar-refractivity contribution < 1.29 is 9.53 Å². The number of nitrogens with one attached hydrogen (secondary N) is 1. The van der Waals surface area contributed by atoms with Crippen LogP contribution in [-0.4, -0.2) is 33.5 Å². The fourth-order valence-electron chi connectivity index (χ4n) is 1.56. The van der Waals surface area contributed by atoms with Gasteiger partial charge in [-0.1, -0.05) is 13.8 Å². The minimum atomic E-state index is -0.706. The summed E-state index contributed by atoms with van der Waals surface area (Å²) in [5, 5.41) is 6.55. The summed E-state index contributed by atoms with van der Waals surface area (Å²) < 4.78 is 6.61. The quantitative estimate of drug-likeness (QED) is 0.712. The number of aromatic nitrogens is 3. The average Bonchev–Trinajstić information content (AvgIpc) is 2.37. The van der Waals surface area contributed by atoms with Gasteiger partial charge in [-0.05, 0) is 5.92 Å². The van der Waals surface area contributed by atoms with Crippen LogP contribution in [0.2, 0.25) is 0 Å². The number of carbonyl (C=O) groups excluding carboxylic acids is 1. The van der Waals surface area contributed by atoms with Crippen LogP contribution in [0.15, 0.2) is 9.59 Å². The van der Waals surface area contributed by atoms with Gasteiger partial charge in [0.15, 0.2) is 0 Å². The summed E-state index contributed by atoms with van der Waals surface area (Å²) in [6.07, 6.45) is 0. The van der Waals surface area contributed by atoms with Gasteiger partial charge in [-0.25, -0.2) is 14.3 Å². The van der Waals surface area contributed by atoms with E-state index in [9.17, 15) is 14.4 Å². The smallest absolute Gasteiger partial charge is 0.346 e. The van der Waals surface area contributed by atoms with Crippen LogP contribution in [-0.2, 0) is 23.6 Å². The topological polar surface area (TPSA) is 95.2 Å². The Balaban J connectivity index is 3.22. The Morgan fingerprint density at radius 2 is 1.89 bits per heavy atom. The maximum absolute atomic E-state index is 11.9. The van der Waals surface area contributed by atoms with Crippen molar-refractivity contribution in [3.05, 3.63) is 20.8 Å². The normalized spacial score (nSPS) is 12.3. The average molecular weight is 270 g/mol. The highest BCUT2D eigenvalue weighted by atomic mass is 16.5. The summed E-state index contributed by atoms with van der Waals surface area (Å²) in [6.45, 7) is 3.61. The van der Waals surface area contributed by atoms with Gasteiger partial charge in [-0.2, -0.15) is 0 Å². The number of methoxy groups -OCH3 is 1. The molecule has 0 fully saturated rings. The third-order valence-electron chi connectivity index (χ3n) is 2.73. The molecule has 0 saturated heterocycles. The molecule has 1 atom stereocenters. The van der Waals surface area contributed by atoms with Gasteiger partial charge in [0.05, 0.1) is 7.11 Å². The molecule has 106 valence electrons. The van der Waals surface area contributed by atoms with Crippen LogP contribution >= 0.6 is 0 Å². The summed E-state index contributed by atoms with van der Waals surface area (Å²) in [4.78, 5) is 35.0. The largest absolute Gasteiger partial charge is 0.467 e. The van der Waals surface area contributed by atoms with E-state index in [2.05, 4.69) is 15.2 Å². The summed E-state index contributed by atoms with van der Waals surface area (Å²) in [5.41, 5.74) is -1.12. The van der Waals surface area contributed by atoms with Crippen LogP contribution < -0.4 is 16.6 Å². The van der Waals surface area contributed by atoms with Gasteiger partial charge in [0, 0.05) is 14.1 Å². The van der Waals surface area contributed by atoms with Crippen LogP contribution in [0.25, 0.3) is 0 Å². The van der Waals surface area contributed by atoms with Crippen LogP contribution in [0, 0.1) is 5.92 Å². The van der Waals surface area contributed by atoms with Crippen molar-refractivity contribution in [3.63, 3.8) is 0 Å². The first-order chi connectivity index (χ1) is 8.79. The SMILES string of the molecule is COC(=O)C(Nc1nn(C)c(=O)n(C)c1=O)C(C)C. The Morgan fingerprint density at radius 1 is 1.32 bits per heavy atom. The van der Waals surface area contributed by atoms with Gasteiger partial charge < -0.3 is 10.1 Å². The van der Waals surface area contributed by atoms with Gasteiger partial charge >= 0.3 is 11.7 Å². The van der Waals surface area contributed by atoms with Gasteiger partial charge in [-0.3, -0.25) is 9.36 Å². The Hall–Kier alpha value is -2.12. The monoisotopic (exact) mass is 270 g/mol. The first-order valence-electron chi connectivity index (χ1n) is 5.78. The number of nitrogens with zero attached hydrogens (tertiary/aromatic N) is 3. The standard InChI is InChI=1S/C11H18N4O4/c1-6(2)7(10(17)19-5)12-8-9(16)14(3)11(18)15(4)13-8/h6-7H,1-5H3,(H,12,13). The third-order valence-corrected chi connectivity index (χ3v) is 2.73. The Labute approximate surface area is 110 Å². The number of hydrogen-bond donors (Lipinski definition) is 1.